The minimum Gasteiger partial charge on any atom is -0.491 e. The van der Waals surface area contributed by atoms with Gasteiger partial charge in [-0.15, -0.1) is 0 Å². The Morgan fingerprint density at radius 1 is 1.36 bits per heavy atom. The third kappa shape index (κ3) is 6.39. The molecule has 1 aromatic heterocycles. The van der Waals surface area contributed by atoms with Gasteiger partial charge in [0.25, 0.3) is 0 Å². The van der Waals surface area contributed by atoms with Crippen molar-refractivity contribution in [3.05, 3.63) is 16.8 Å². The van der Waals surface area contributed by atoms with Crippen LogP contribution in [0.15, 0.2) is 6.07 Å². The van der Waals surface area contributed by atoms with Gasteiger partial charge in [-0.3, -0.25) is 0 Å². The number of hydrogen-bond donors (Lipinski definition) is 2. The molecule has 184 valence electrons. The standard InChI is InChI=1S/C22H33ClN4O6/c1-21(2,3)33-20(30)26-7-6-24-14(11-26)12-32-15-10-16(23)25-18(17(15)19(28)29)27-8-9-31-13-22(27,4)5/h10,14,24H,6-9,11-13H2,1-5H3,(H,28,29). The van der Waals surface area contributed by atoms with Gasteiger partial charge in [0.15, 0.2) is 0 Å². The molecule has 0 aromatic carbocycles. The van der Waals surface area contributed by atoms with E-state index in [0.717, 1.165) is 0 Å². The SMILES string of the molecule is CC(C)(C)OC(=O)N1CCNC(COc2cc(Cl)nc(N3CCOCC3(C)C)c2C(=O)O)C1. The Kier molecular flexibility index (Phi) is 7.60. The van der Waals surface area contributed by atoms with E-state index in [4.69, 9.17) is 25.8 Å². The molecular formula is C22H33ClN4O6. The number of carboxylic acids is 1. The number of nitrogens with one attached hydrogen (secondary N) is 1. The summed E-state index contributed by atoms with van der Waals surface area (Å²) in [6, 6.07) is 1.21. The highest BCUT2D eigenvalue weighted by molar-refractivity contribution is 6.29. The molecule has 0 bridgehead atoms. The molecule has 2 N–H and O–H groups in total. The van der Waals surface area contributed by atoms with E-state index < -0.39 is 17.1 Å². The van der Waals surface area contributed by atoms with Crippen LogP contribution in [0.4, 0.5) is 10.6 Å². The average Bonchev–Trinajstić information content (AvgIpc) is 2.70. The molecule has 0 spiro atoms. The van der Waals surface area contributed by atoms with Crippen LogP contribution in [0.2, 0.25) is 5.15 Å². The van der Waals surface area contributed by atoms with Crippen molar-refractivity contribution in [3.8, 4) is 5.75 Å². The molecule has 1 unspecified atom stereocenters. The lowest BCUT2D eigenvalue weighted by Gasteiger charge is -2.43. The van der Waals surface area contributed by atoms with Crippen LogP contribution in [-0.4, -0.2) is 90.2 Å². The lowest BCUT2D eigenvalue weighted by atomic mass is 10.0. The number of ether oxygens (including phenoxy) is 3. The molecule has 11 heteroatoms. The van der Waals surface area contributed by atoms with Crippen LogP contribution in [0, 0.1) is 0 Å². The van der Waals surface area contributed by atoms with E-state index in [9.17, 15) is 14.7 Å². The molecule has 2 saturated heterocycles. The molecule has 2 aliphatic rings. The quantitative estimate of drug-likeness (QED) is 0.608. The van der Waals surface area contributed by atoms with E-state index >= 15 is 0 Å². The van der Waals surface area contributed by atoms with Crippen molar-refractivity contribution in [3.63, 3.8) is 0 Å². The summed E-state index contributed by atoms with van der Waals surface area (Å²) in [7, 11) is 0. The first-order valence-corrected chi connectivity index (χ1v) is 11.4. The number of carbonyl (C=O) groups is 2. The van der Waals surface area contributed by atoms with Gasteiger partial charge in [0.05, 0.1) is 24.8 Å². The number of aromatic carboxylic acids is 1. The van der Waals surface area contributed by atoms with E-state index in [1.807, 2.05) is 39.5 Å². The predicted molar refractivity (Wildman–Crippen MR) is 124 cm³/mol. The van der Waals surface area contributed by atoms with Gasteiger partial charge in [-0.25, -0.2) is 14.6 Å². The number of nitrogens with zero attached hydrogens (tertiary/aromatic N) is 3. The lowest BCUT2D eigenvalue weighted by molar-refractivity contribution is 0.0178. The Labute approximate surface area is 199 Å². The zero-order valence-corrected chi connectivity index (χ0v) is 20.6. The largest absolute Gasteiger partial charge is 0.491 e. The zero-order valence-electron chi connectivity index (χ0n) is 19.8. The molecule has 0 saturated carbocycles. The highest BCUT2D eigenvalue weighted by Crippen LogP contribution is 2.35. The summed E-state index contributed by atoms with van der Waals surface area (Å²) >= 11 is 6.26. The Bertz CT molecular complexity index is 888. The number of rotatable bonds is 5. The van der Waals surface area contributed by atoms with E-state index in [1.54, 1.807) is 4.90 Å². The Hall–Kier alpha value is -2.30. The number of amides is 1. The van der Waals surface area contributed by atoms with Crippen LogP contribution in [-0.2, 0) is 9.47 Å². The van der Waals surface area contributed by atoms with Gasteiger partial charge in [0.2, 0.25) is 0 Å². The molecule has 1 aromatic rings. The molecule has 10 nitrogen and oxygen atoms in total. The van der Waals surface area contributed by atoms with E-state index in [1.165, 1.54) is 6.07 Å². The van der Waals surface area contributed by atoms with Gasteiger partial charge < -0.3 is 34.4 Å². The maximum Gasteiger partial charge on any atom is 0.410 e. The highest BCUT2D eigenvalue weighted by atomic mass is 35.5. The summed E-state index contributed by atoms with van der Waals surface area (Å²) in [6.45, 7) is 12.4. The summed E-state index contributed by atoms with van der Waals surface area (Å²) in [6.07, 6.45) is -0.385. The predicted octanol–water partition coefficient (Wildman–Crippen LogP) is 2.64. The Balaban J connectivity index is 1.78. The fraction of sp³-hybridized carbons (Fsp3) is 0.682. The Morgan fingerprint density at radius 3 is 2.73 bits per heavy atom. The third-order valence-corrected chi connectivity index (χ3v) is 5.59. The van der Waals surface area contributed by atoms with Gasteiger partial charge in [-0.2, -0.15) is 0 Å². The molecule has 2 fully saturated rings. The van der Waals surface area contributed by atoms with Crippen LogP contribution >= 0.6 is 11.6 Å². The molecule has 3 rings (SSSR count). The number of piperazine rings is 1. The van der Waals surface area contributed by atoms with Gasteiger partial charge >= 0.3 is 12.1 Å². The molecule has 3 heterocycles. The molecule has 1 atom stereocenters. The third-order valence-electron chi connectivity index (χ3n) is 5.39. The van der Waals surface area contributed by atoms with Crippen molar-refractivity contribution >= 4 is 29.5 Å². The van der Waals surface area contributed by atoms with Crippen molar-refractivity contribution in [2.45, 2.75) is 51.8 Å². The van der Waals surface area contributed by atoms with Crippen LogP contribution in [0.3, 0.4) is 0 Å². The minimum absolute atomic E-state index is 0.0471. The monoisotopic (exact) mass is 484 g/mol. The zero-order chi connectivity index (χ0) is 24.4. The summed E-state index contributed by atoms with van der Waals surface area (Å²) in [5, 5.41) is 13.4. The number of carboxylic acid groups (broad SMARTS) is 1. The smallest absolute Gasteiger partial charge is 0.410 e. The first-order valence-electron chi connectivity index (χ1n) is 11.0. The van der Waals surface area contributed by atoms with E-state index in [0.29, 0.717) is 39.4 Å². The van der Waals surface area contributed by atoms with E-state index in [2.05, 4.69) is 10.3 Å². The van der Waals surface area contributed by atoms with Crippen molar-refractivity contribution in [1.82, 2.24) is 15.2 Å². The fourth-order valence-corrected chi connectivity index (χ4v) is 4.04. The minimum atomic E-state index is -1.15. The van der Waals surface area contributed by atoms with Gasteiger partial charge in [-0.05, 0) is 34.6 Å². The fourth-order valence-electron chi connectivity index (χ4n) is 3.86. The molecule has 0 radical (unpaired) electrons. The van der Waals surface area contributed by atoms with Crippen LogP contribution in [0.25, 0.3) is 0 Å². The maximum atomic E-state index is 12.4. The van der Waals surface area contributed by atoms with Crippen molar-refractivity contribution in [2.75, 3.05) is 50.9 Å². The topological polar surface area (TPSA) is 113 Å². The van der Waals surface area contributed by atoms with Crippen molar-refractivity contribution in [1.29, 1.82) is 0 Å². The van der Waals surface area contributed by atoms with Crippen molar-refractivity contribution < 1.29 is 28.9 Å². The van der Waals surface area contributed by atoms with Crippen LogP contribution in [0.5, 0.6) is 5.75 Å². The number of anilines is 1. The number of pyridine rings is 1. The summed E-state index contributed by atoms with van der Waals surface area (Å²) < 4.78 is 17.0. The number of hydrogen-bond acceptors (Lipinski definition) is 8. The first kappa shape index (κ1) is 25.3. The van der Waals surface area contributed by atoms with Crippen LogP contribution < -0.4 is 15.0 Å². The summed E-state index contributed by atoms with van der Waals surface area (Å²) in [5.41, 5.74) is -1.09. The normalized spacial score (nSPS) is 21.0. The van der Waals surface area contributed by atoms with Crippen LogP contribution in [0.1, 0.15) is 45.0 Å². The second-order valence-corrected chi connectivity index (χ2v) is 10.2. The second-order valence-electron chi connectivity index (χ2n) is 9.85. The number of aromatic nitrogens is 1. The molecule has 1 amide bonds. The second kappa shape index (κ2) is 9.90. The van der Waals surface area contributed by atoms with Gasteiger partial charge in [-0.1, -0.05) is 11.6 Å². The Morgan fingerprint density at radius 2 is 2.09 bits per heavy atom. The van der Waals surface area contributed by atoms with Gasteiger partial charge in [0, 0.05) is 32.2 Å². The highest BCUT2D eigenvalue weighted by Gasteiger charge is 2.36. The molecule has 2 aliphatic heterocycles. The summed E-state index contributed by atoms with van der Waals surface area (Å²) in [4.78, 5) is 32.5. The molecular weight excluding hydrogens is 452 g/mol. The van der Waals surface area contributed by atoms with Gasteiger partial charge in [0.1, 0.15) is 34.5 Å². The van der Waals surface area contributed by atoms with Crippen molar-refractivity contribution in [2.24, 2.45) is 0 Å². The summed E-state index contributed by atoms with van der Waals surface area (Å²) in [5.74, 6) is -0.764. The lowest BCUT2D eigenvalue weighted by Crippen LogP contribution is -2.55. The number of halogens is 1. The average molecular weight is 485 g/mol. The first-order chi connectivity index (χ1) is 15.4. The number of morpholine rings is 1. The maximum absolute atomic E-state index is 12.4. The van der Waals surface area contributed by atoms with E-state index in [-0.39, 0.29) is 41.0 Å². The molecule has 33 heavy (non-hydrogen) atoms. The number of carbonyl (C=O) groups excluding carboxylic acids is 1. The molecule has 0 aliphatic carbocycles.